The van der Waals surface area contributed by atoms with Crippen molar-refractivity contribution < 1.29 is 19.1 Å². The van der Waals surface area contributed by atoms with Gasteiger partial charge in [0.1, 0.15) is 12.4 Å². The quantitative estimate of drug-likeness (QED) is 0.904. The number of amides is 1. The number of aliphatic carboxylic acids is 1. The number of carboxylic acids is 1. The maximum absolute atomic E-state index is 13.3. The van der Waals surface area contributed by atoms with Crippen molar-refractivity contribution in [1.82, 2.24) is 4.90 Å². The molecule has 1 aliphatic rings. The highest BCUT2D eigenvalue weighted by atomic mass is 35.5. The first-order valence-electron chi connectivity index (χ1n) is 5.93. The predicted octanol–water partition coefficient (Wildman–Crippen LogP) is 2.42. The fourth-order valence-corrected chi connectivity index (χ4v) is 1.92. The molecule has 0 aliphatic heterocycles. The molecule has 0 unspecified atom stereocenters. The second-order valence-electron chi connectivity index (χ2n) is 4.65. The Hall–Kier alpha value is -1.62. The van der Waals surface area contributed by atoms with E-state index in [2.05, 4.69) is 0 Å². The van der Waals surface area contributed by atoms with Gasteiger partial charge < -0.3 is 10.0 Å². The predicted molar refractivity (Wildman–Crippen MR) is 67.7 cm³/mol. The van der Waals surface area contributed by atoms with Gasteiger partial charge in [0.05, 0.1) is 5.02 Å². The van der Waals surface area contributed by atoms with E-state index < -0.39 is 17.7 Å². The van der Waals surface area contributed by atoms with Crippen molar-refractivity contribution in [2.24, 2.45) is 5.92 Å². The second kappa shape index (κ2) is 5.57. The van der Waals surface area contributed by atoms with Gasteiger partial charge in [0.15, 0.2) is 0 Å². The first-order chi connectivity index (χ1) is 8.97. The van der Waals surface area contributed by atoms with Crippen molar-refractivity contribution in [2.45, 2.75) is 12.8 Å². The minimum Gasteiger partial charge on any atom is -0.480 e. The van der Waals surface area contributed by atoms with Crippen molar-refractivity contribution >= 4 is 23.5 Å². The van der Waals surface area contributed by atoms with Crippen LogP contribution in [-0.2, 0) is 4.79 Å². The molecule has 1 amide bonds. The van der Waals surface area contributed by atoms with Gasteiger partial charge in [-0.1, -0.05) is 11.6 Å². The average molecular weight is 286 g/mol. The van der Waals surface area contributed by atoms with Crippen LogP contribution in [0.4, 0.5) is 4.39 Å². The lowest BCUT2D eigenvalue weighted by molar-refractivity contribution is -0.137. The Balaban J connectivity index is 2.16. The standard InChI is InChI=1S/C13H13ClFNO3/c14-10-4-3-9(5-11(10)15)13(19)16(7-12(17)18)6-8-1-2-8/h3-5,8H,1-2,6-7H2,(H,17,18). The minimum atomic E-state index is -1.08. The van der Waals surface area contributed by atoms with Gasteiger partial charge >= 0.3 is 5.97 Å². The van der Waals surface area contributed by atoms with E-state index in [1.165, 1.54) is 17.0 Å². The van der Waals surface area contributed by atoms with E-state index in [1.807, 2.05) is 0 Å². The summed E-state index contributed by atoms with van der Waals surface area (Å²) >= 11 is 5.55. The molecular formula is C13H13ClFNO3. The van der Waals surface area contributed by atoms with Gasteiger partial charge in [0.2, 0.25) is 0 Å². The second-order valence-corrected chi connectivity index (χ2v) is 5.06. The van der Waals surface area contributed by atoms with Crippen LogP contribution in [0.1, 0.15) is 23.2 Å². The molecule has 1 saturated carbocycles. The van der Waals surface area contributed by atoms with Crippen molar-refractivity contribution in [3.63, 3.8) is 0 Å². The van der Waals surface area contributed by atoms with E-state index in [0.29, 0.717) is 12.5 Å². The molecule has 102 valence electrons. The molecule has 6 heteroatoms. The van der Waals surface area contributed by atoms with Crippen molar-refractivity contribution in [3.05, 3.63) is 34.6 Å². The van der Waals surface area contributed by atoms with E-state index in [-0.39, 0.29) is 17.1 Å². The molecule has 0 heterocycles. The summed E-state index contributed by atoms with van der Waals surface area (Å²) < 4.78 is 13.3. The molecule has 1 aromatic carbocycles. The van der Waals surface area contributed by atoms with Gasteiger partial charge in [0, 0.05) is 12.1 Å². The summed E-state index contributed by atoms with van der Waals surface area (Å²) in [5.41, 5.74) is 0.115. The number of carboxylic acid groups (broad SMARTS) is 1. The lowest BCUT2D eigenvalue weighted by Gasteiger charge is -2.20. The monoisotopic (exact) mass is 285 g/mol. The van der Waals surface area contributed by atoms with Crippen LogP contribution >= 0.6 is 11.6 Å². The number of rotatable bonds is 5. The summed E-state index contributed by atoms with van der Waals surface area (Å²) in [5, 5.41) is 8.76. The Bertz CT molecular complexity index is 517. The van der Waals surface area contributed by atoms with Crippen LogP contribution in [-0.4, -0.2) is 35.0 Å². The maximum Gasteiger partial charge on any atom is 0.323 e. The maximum atomic E-state index is 13.3. The Morgan fingerprint density at radius 1 is 1.42 bits per heavy atom. The minimum absolute atomic E-state index is 0.0662. The van der Waals surface area contributed by atoms with Gasteiger partial charge in [-0.3, -0.25) is 9.59 Å². The molecule has 1 aliphatic carbocycles. The Morgan fingerprint density at radius 2 is 2.11 bits per heavy atom. The van der Waals surface area contributed by atoms with Crippen LogP contribution in [0.2, 0.25) is 5.02 Å². The molecule has 19 heavy (non-hydrogen) atoms. The first kappa shape index (κ1) is 13.8. The molecule has 0 saturated heterocycles. The molecule has 1 fully saturated rings. The lowest BCUT2D eigenvalue weighted by Crippen LogP contribution is -2.37. The summed E-state index contributed by atoms with van der Waals surface area (Å²) in [6.07, 6.45) is 2.00. The molecule has 0 radical (unpaired) electrons. The van der Waals surface area contributed by atoms with E-state index in [9.17, 15) is 14.0 Å². The molecular weight excluding hydrogens is 273 g/mol. The van der Waals surface area contributed by atoms with Gasteiger partial charge in [-0.05, 0) is 37.0 Å². The third-order valence-corrected chi connectivity index (χ3v) is 3.26. The van der Waals surface area contributed by atoms with Crippen molar-refractivity contribution in [1.29, 1.82) is 0 Å². The number of halogens is 2. The van der Waals surface area contributed by atoms with E-state index >= 15 is 0 Å². The molecule has 4 nitrogen and oxygen atoms in total. The van der Waals surface area contributed by atoms with E-state index in [0.717, 1.165) is 18.9 Å². The molecule has 0 bridgehead atoms. The summed E-state index contributed by atoms with van der Waals surface area (Å²) in [6, 6.07) is 3.72. The van der Waals surface area contributed by atoms with E-state index in [4.69, 9.17) is 16.7 Å². The van der Waals surface area contributed by atoms with Gasteiger partial charge in [-0.15, -0.1) is 0 Å². The number of hydrogen-bond acceptors (Lipinski definition) is 2. The van der Waals surface area contributed by atoms with Gasteiger partial charge in [-0.2, -0.15) is 0 Å². The SMILES string of the molecule is O=C(O)CN(CC1CC1)C(=O)c1ccc(Cl)c(F)c1. The van der Waals surface area contributed by atoms with Crippen molar-refractivity contribution in [2.75, 3.05) is 13.1 Å². The average Bonchev–Trinajstić information content (AvgIpc) is 3.14. The summed E-state index contributed by atoms with van der Waals surface area (Å²) in [6.45, 7) is 0.0228. The topological polar surface area (TPSA) is 57.6 Å². The van der Waals surface area contributed by atoms with Crippen LogP contribution in [0.3, 0.4) is 0 Å². The number of carbonyl (C=O) groups is 2. The summed E-state index contributed by atoms with van der Waals surface area (Å²) in [4.78, 5) is 24.2. The van der Waals surface area contributed by atoms with Crippen LogP contribution in [0.15, 0.2) is 18.2 Å². The van der Waals surface area contributed by atoms with Crippen LogP contribution < -0.4 is 0 Å². The van der Waals surface area contributed by atoms with Crippen LogP contribution in [0.25, 0.3) is 0 Å². The summed E-state index contributed by atoms with van der Waals surface area (Å²) in [7, 11) is 0. The molecule has 1 aromatic rings. The zero-order valence-electron chi connectivity index (χ0n) is 10.1. The first-order valence-corrected chi connectivity index (χ1v) is 6.31. The van der Waals surface area contributed by atoms with Crippen LogP contribution in [0, 0.1) is 11.7 Å². The lowest BCUT2D eigenvalue weighted by atomic mass is 10.2. The number of nitrogens with zero attached hydrogens (tertiary/aromatic N) is 1. The van der Waals surface area contributed by atoms with Crippen molar-refractivity contribution in [3.8, 4) is 0 Å². The van der Waals surface area contributed by atoms with Crippen LogP contribution in [0.5, 0.6) is 0 Å². The summed E-state index contributed by atoms with van der Waals surface area (Å²) in [5.74, 6) is -1.89. The fourth-order valence-electron chi connectivity index (χ4n) is 1.81. The number of hydrogen-bond donors (Lipinski definition) is 1. The Morgan fingerprint density at radius 3 is 2.63 bits per heavy atom. The number of carbonyl (C=O) groups excluding carboxylic acids is 1. The molecule has 0 spiro atoms. The highest BCUT2D eigenvalue weighted by molar-refractivity contribution is 6.30. The van der Waals surface area contributed by atoms with E-state index in [1.54, 1.807) is 0 Å². The Labute approximate surface area is 114 Å². The number of benzene rings is 1. The Kier molecular flexibility index (Phi) is 4.04. The normalized spacial score (nSPS) is 14.2. The third kappa shape index (κ3) is 3.67. The largest absolute Gasteiger partial charge is 0.480 e. The zero-order valence-corrected chi connectivity index (χ0v) is 10.9. The smallest absolute Gasteiger partial charge is 0.323 e. The zero-order chi connectivity index (χ0) is 14.0. The molecule has 0 atom stereocenters. The highest BCUT2D eigenvalue weighted by Crippen LogP contribution is 2.30. The highest BCUT2D eigenvalue weighted by Gasteiger charge is 2.28. The molecule has 2 rings (SSSR count). The molecule has 1 N–H and O–H groups in total. The van der Waals surface area contributed by atoms with Gasteiger partial charge in [0.25, 0.3) is 5.91 Å². The van der Waals surface area contributed by atoms with Gasteiger partial charge in [-0.25, -0.2) is 4.39 Å². The fraction of sp³-hybridized carbons (Fsp3) is 0.385. The third-order valence-electron chi connectivity index (χ3n) is 2.96. The molecule has 0 aromatic heterocycles.